The first-order valence-corrected chi connectivity index (χ1v) is 6.01. The molecule has 0 aliphatic heterocycles. The van der Waals surface area contributed by atoms with Crippen LogP contribution in [0, 0.1) is 5.92 Å². The Bertz CT molecular complexity index is 264. The molecule has 2 N–H and O–H groups in total. The number of H-pyrrole nitrogens is 1. The van der Waals surface area contributed by atoms with E-state index in [0.29, 0.717) is 6.04 Å². The number of nitrogens with one attached hydrogen (secondary N) is 2. The maximum atomic E-state index is 4.21. The molecule has 1 aromatic rings. The molecule has 15 heavy (non-hydrogen) atoms. The van der Waals surface area contributed by atoms with E-state index in [9.17, 15) is 0 Å². The lowest BCUT2D eigenvalue weighted by Gasteiger charge is -2.29. The van der Waals surface area contributed by atoms with Crippen molar-refractivity contribution in [2.45, 2.75) is 45.1 Å². The van der Waals surface area contributed by atoms with Gasteiger partial charge in [-0.2, -0.15) is 15.4 Å². The molecular weight excluding hydrogens is 188 g/mol. The first kappa shape index (κ1) is 10.6. The van der Waals surface area contributed by atoms with E-state index in [1.54, 1.807) is 0 Å². The molecule has 1 unspecified atom stereocenters. The van der Waals surface area contributed by atoms with Gasteiger partial charge in [-0.1, -0.05) is 26.2 Å². The summed E-state index contributed by atoms with van der Waals surface area (Å²) in [6, 6.07) is 0.397. The van der Waals surface area contributed by atoms with Crippen molar-refractivity contribution in [3.8, 4) is 0 Å². The second-order valence-corrected chi connectivity index (χ2v) is 4.33. The lowest BCUT2D eigenvalue weighted by molar-refractivity contribution is 0.270. The Balaban J connectivity index is 2.04. The van der Waals surface area contributed by atoms with Gasteiger partial charge in [0, 0.05) is 0 Å². The van der Waals surface area contributed by atoms with Crippen molar-refractivity contribution in [2.24, 2.45) is 5.92 Å². The monoisotopic (exact) mass is 208 g/mol. The Morgan fingerprint density at radius 3 is 2.87 bits per heavy atom. The van der Waals surface area contributed by atoms with Gasteiger partial charge in [0.05, 0.1) is 17.9 Å². The fraction of sp³-hybridized carbons (Fsp3) is 0.818. The number of aromatic nitrogens is 3. The average Bonchev–Trinajstić information content (AvgIpc) is 2.80. The van der Waals surface area contributed by atoms with Gasteiger partial charge in [0.2, 0.25) is 0 Å². The Hall–Kier alpha value is -0.900. The van der Waals surface area contributed by atoms with Crippen LogP contribution >= 0.6 is 0 Å². The van der Waals surface area contributed by atoms with Crippen molar-refractivity contribution >= 4 is 0 Å². The Kier molecular flexibility index (Phi) is 3.72. The lowest BCUT2D eigenvalue weighted by atomic mass is 9.83. The first-order chi connectivity index (χ1) is 7.42. The number of rotatable bonds is 4. The Labute approximate surface area is 90.8 Å². The van der Waals surface area contributed by atoms with E-state index < -0.39 is 0 Å². The first-order valence-electron chi connectivity index (χ1n) is 6.01. The number of hydrogen-bond acceptors (Lipinski definition) is 3. The molecule has 0 bridgehead atoms. The van der Waals surface area contributed by atoms with Crippen LogP contribution in [0.2, 0.25) is 0 Å². The number of aromatic amines is 1. The van der Waals surface area contributed by atoms with Crippen molar-refractivity contribution < 1.29 is 0 Å². The molecule has 4 heteroatoms. The smallest absolute Gasteiger partial charge is 0.0996 e. The summed E-state index contributed by atoms with van der Waals surface area (Å²) in [6.45, 7) is 3.14. The highest BCUT2D eigenvalue weighted by Crippen LogP contribution is 2.33. The maximum absolute atomic E-state index is 4.21. The van der Waals surface area contributed by atoms with Gasteiger partial charge in [0.1, 0.15) is 0 Å². The summed E-state index contributed by atoms with van der Waals surface area (Å²) >= 11 is 0. The van der Waals surface area contributed by atoms with E-state index in [0.717, 1.165) is 18.2 Å². The van der Waals surface area contributed by atoms with Gasteiger partial charge in [-0.15, -0.1) is 0 Å². The molecule has 0 aromatic carbocycles. The average molecular weight is 208 g/mol. The molecule has 0 amide bonds. The molecule has 2 rings (SSSR count). The molecule has 84 valence electrons. The number of nitrogens with zero attached hydrogens (tertiary/aromatic N) is 2. The van der Waals surface area contributed by atoms with Crippen LogP contribution in [-0.2, 0) is 0 Å². The van der Waals surface area contributed by atoms with Crippen molar-refractivity contribution in [3.05, 3.63) is 11.9 Å². The zero-order valence-electron chi connectivity index (χ0n) is 9.37. The third kappa shape index (κ3) is 2.56. The molecule has 1 atom stereocenters. The highest BCUT2D eigenvalue weighted by atomic mass is 15.3. The van der Waals surface area contributed by atoms with E-state index in [4.69, 9.17) is 0 Å². The van der Waals surface area contributed by atoms with Gasteiger partial charge in [-0.3, -0.25) is 0 Å². The van der Waals surface area contributed by atoms with Crippen LogP contribution in [-0.4, -0.2) is 22.0 Å². The molecule has 0 spiro atoms. The van der Waals surface area contributed by atoms with Gasteiger partial charge in [-0.25, -0.2) is 0 Å². The van der Waals surface area contributed by atoms with Gasteiger partial charge < -0.3 is 5.32 Å². The van der Waals surface area contributed by atoms with E-state index in [-0.39, 0.29) is 0 Å². The second kappa shape index (κ2) is 5.26. The minimum absolute atomic E-state index is 0.397. The summed E-state index contributed by atoms with van der Waals surface area (Å²) in [4.78, 5) is 0. The molecule has 4 nitrogen and oxygen atoms in total. The second-order valence-electron chi connectivity index (χ2n) is 4.33. The molecule has 1 fully saturated rings. The quantitative estimate of drug-likeness (QED) is 0.796. The molecule has 1 aromatic heterocycles. The van der Waals surface area contributed by atoms with E-state index >= 15 is 0 Å². The van der Waals surface area contributed by atoms with Crippen LogP contribution in [0.5, 0.6) is 0 Å². The number of hydrogen-bond donors (Lipinski definition) is 2. The fourth-order valence-electron chi connectivity index (χ4n) is 2.56. The Morgan fingerprint density at radius 1 is 1.47 bits per heavy atom. The van der Waals surface area contributed by atoms with Crippen molar-refractivity contribution in [1.82, 2.24) is 20.7 Å². The molecular formula is C11H20N4. The standard InChI is InChI=1S/C11H20N4/c1-2-12-11(10-8-13-15-14-10)9-6-4-3-5-7-9/h8-9,11-12H,2-7H2,1H3,(H,13,14,15). The van der Waals surface area contributed by atoms with Crippen LogP contribution < -0.4 is 5.32 Å². The van der Waals surface area contributed by atoms with Gasteiger partial charge in [0.15, 0.2) is 0 Å². The molecule has 0 radical (unpaired) electrons. The SMILES string of the molecule is CCNC(c1cn[nH]n1)C1CCCCC1. The van der Waals surface area contributed by atoms with Crippen LogP contribution in [0.15, 0.2) is 6.20 Å². The van der Waals surface area contributed by atoms with Gasteiger partial charge in [-0.05, 0) is 25.3 Å². The van der Waals surface area contributed by atoms with E-state index in [1.165, 1.54) is 32.1 Å². The van der Waals surface area contributed by atoms with Crippen LogP contribution in [0.1, 0.15) is 50.8 Å². The summed E-state index contributed by atoms with van der Waals surface area (Å²) in [5.74, 6) is 0.740. The van der Waals surface area contributed by atoms with Crippen LogP contribution in [0.25, 0.3) is 0 Å². The largest absolute Gasteiger partial charge is 0.309 e. The van der Waals surface area contributed by atoms with Crippen molar-refractivity contribution in [3.63, 3.8) is 0 Å². The minimum atomic E-state index is 0.397. The van der Waals surface area contributed by atoms with E-state index in [2.05, 4.69) is 27.7 Å². The zero-order valence-corrected chi connectivity index (χ0v) is 9.37. The van der Waals surface area contributed by atoms with Crippen LogP contribution in [0.4, 0.5) is 0 Å². The molecule has 1 saturated carbocycles. The summed E-state index contributed by atoms with van der Waals surface area (Å²) < 4.78 is 0. The summed E-state index contributed by atoms with van der Waals surface area (Å²) in [5.41, 5.74) is 1.07. The predicted molar refractivity (Wildman–Crippen MR) is 59.4 cm³/mol. The van der Waals surface area contributed by atoms with Crippen molar-refractivity contribution in [2.75, 3.05) is 6.54 Å². The highest BCUT2D eigenvalue weighted by molar-refractivity contribution is 5.02. The van der Waals surface area contributed by atoms with Crippen molar-refractivity contribution in [1.29, 1.82) is 0 Å². The highest BCUT2D eigenvalue weighted by Gasteiger charge is 2.25. The third-order valence-corrected chi connectivity index (χ3v) is 3.30. The van der Waals surface area contributed by atoms with Gasteiger partial charge in [0.25, 0.3) is 0 Å². The van der Waals surface area contributed by atoms with Gasteiger partial charge >= 0.3 is 0 Å². The molecule has 1 aliphatic rings. The van der Waals surface area contributed by atoms with Crippen LogP contribution in [0.3, 0.4) is 0 Å². The lowest BCUT2D eigenvalue weighted by Crippen LogP contribution is -2.29. The molecule has 0 saturated heterocycles. The predicted octanol–water partition coefficient (Wildman–Crippen LogP) is 2.04. The minimum Gasteiger partial charge on any atom is -0.309 e. The van der Waals surface area contributed by atoms with E-state index in [1.807, 2.05) is 6.20 Å². The zero-order chi connectivity index (χ0) is 10.5. The maximum Gasteiger partial charge on any atom is 0.0996 e. The summed E-state index contributed by atoms with van der Waals surface area (Å²) in [5, 5.41) is 14.4. The molecule has 1 heterocycles. The Morgan fingerprint density at radius 2 is 2.27 bits per heavy atom. The fourth-order valence-corrected chi connectivity index (χ4v) is 2.56. The normalized spacial score (nSPS) is 20.3. The topological polar surface area (TPSA) is 53.6 Å². The summed E-state index contributed by atoms with van der Waals surface area (Å²) in [7, 11) is 0. The third-order valence-electron chi connectivity index (χ3n) is 3.30. The molecule has 1 aliphatic carbocycles. The summed E-state index contributed by atoms with van der Waals surface area (Å²) in [6.07, 6.45) is 8.62.